The molecule has 136 valence electrons. The molecule has 5 heteroatoms. The van der Waals surface area contributed by atoms with E-state index in [0.29, 0.717) is 12.0 Å². The molecule has 1 heterocycles. The van der Waals surface area contributed by atoms with Gasteiger partial charge in [0.1, 0.15) is 11.4 Å². The maximum absolute atomic E-state index is 13.3. The highest BCUT2D eigenvalue weighted by molar-refractivity contribution is 6.07. The molecule has 0 spiro atoms. The van der Waals surface area contributed by atoms with Crippen molar-refractivity contribution in [2.75, 3.05) is 0 Å². The molecular weight excluding hydrogens is 343 g/mol. The smallest absolute Gasteiger partial charge is 0.319 e. The number of nitrogens with one attached hydrogen (secondary N) is 1. The lowest BCUT2D eigenvalue weighted by Gasteiger charge is -2.26. The van der Waals surface area contributed by atoms with Gasteiger partial charge in [-0.1, -0.05) is 61.5 Å². The van der Waals surface area contributed by atoms with Gasteiger partial charge in [0.05, 0.1) is 6.54 Å². The first-order chi connectivity index (χ1) is 13.0. The quantitative estimate of drug-likeness (QED) is 0.702. The molecule has 4 rings (SSSR count). The van der Waals surface area contributed by atoms with Crippen molar-refractivity contribution in [3.63, 3.8) is 0 Å². The predicted molar refractivity (Wildman–Crippen MR) is 101 cm³/mol. The molecule has 1 N–H and O–H groups in total. The summed E-state index contributed by atoms with van der Waals surface area (Å²) < 4.78 is 13.3. The molecule has 1 saturated heterocycles. The minimum absolute atomic E-state index is 0.189. The molecule has 1 aliphatic heterocycles. The first-order valence-corrected chi connectivity index (χ1v) is 8.92. The monoisotopic (exact) mass is 362 g/mol. The normalized spacial score (nSPS) is 19.6. The molecule has 0 radical (unpaired) electrons. The van der Waals surface area contributed by atoms with Crippen LogP contribution in [-0.4, -0.2) is 16.8 Å². The minimum Gasteiger partial charge on any atom is -0.319 e. The van der Waals surface area contributed by atoms with Gasteiger partial charge in [-0.15, -0.1) is 0 Å². The standard InChI is InChI=1S/C22H19FN2O2/c1-2-22(17-10-12-18(23)13-11-17)20(26)25(21(27)24-22)14-16-8-5-7-15-6-3-4-9-19(15)16/h3-13H,2,14H2,1H3,(H,24,27). The van der Waals surface area contributed by atoms with Crippen LogP contribution in [0.2, 0.25) is 0 Å². The Morgan fingerprint density at radius 3 is 2.41 bits per heavy atom. The maximum Gasteiger partial charge on any atom is 0.325 e. The van der Waals surface area contributed by atoms with Crippen LogP contribution < -0.4 is 5.32 Å². The van der Waals surface area contributed by atoms with Crippen LogP contribution in [0, 0.1) is 5.82 Å². The van der Waals surface area contributed by atoms with Crippen molar-refractivity contribution in [3.8, 4) is 0 Å². The number of hydrogen-bond acceptors (Lipinski definition) is 2. The van der Waals surface area contributed by atoms with Gasteiger partial charge in [-0.2, -0.15) is 0 Å². The highest BCUT2D eigenvalue weighted by atomic mass is 19.1. The second-order valence-electron chi connectivity index (χ2n) is 6.73. The number of halogens is 1. The summed E-state index contributed by atoms with van der Waals surface area (Å²) in [5, 5.41) is 4.90. The van der Waals surface area contributed by atoms with E-state index in [4.69, 9.17) is 0 Å². The van der Waals surface area contributed by atoms with Crippen molar-refractivity contribution in [2.24, 2.45) is 0 Å². The minimum atomic E-state index is -1.16. The molecule has 4 nitrogen and oxygen atoms in total. The summed E-state index contributed by atoms with van der Waals surface area (Å²) >= 11 is 0. The summed E-state index contributed by atoms with van der Waals surface area (Å²) in [5.74, 6) is -0.691. The van der Waals surface area contributed by atoms with Gasteiger partial charge in [-0.25, -0.2) is 9.18 Å². The summed E-state index contributed by atoms with van der Waals surface area (Å²) in [7, 11) is 0. The Balaban J connectivity index is 1.71. The van der Waals surface area contributed by atoms with Crippen molar-refractivity contribution < 1.29 is 14.0 Å². The lowest BCUT2D eigenvalue weighted by molar-refractivity contribution is -0.132. The number of nitrogens with zero attached hydrogens (tertiary/aromatic N) is 1. The van der Waals surface area contributed by atoms with E-state index in [9.17, 15) is 14.0 Å². The molecule has 1 aliphatic rings. The molecule has 0 aromatic heterocycles. The SMILES string of the molecule is CCC1(c2ccc(F)cc2)NC(=O)N(Cc2cccc3ccccc23)C1=O. The number of fused-ring (bicyclic) bond motifs is 1. The van der Waals surface area contributed by atoms with E-state index in [0.717, 1.165) is 16.3 Å². The van der Waals surface area contributed by atoms with E-state index in [2.05, 4.69) is 5.32 Å². The zero-order chi connectivity index (χ0) is 19.0. The molecule has 0 aliphatic carbocycles. The van der Waals surface area contributed by atoms with E-state index in [1.54, 1.807) is 12.1 Å². The van der Waals surface area contributed by atoms with Crippen molar-refractivity contribution >= 4 is 22.7 Å². The van der Waals surface area contributed by atoms with Gasteiger partial charge in [0, 0.05) is 0 Å². The molecule has 1 unspecified atom stereocenters. The second kappa shape index (κ2) is 6.50. The molecule has 3 aromatic rings. The fourth-order valence-corrected chi connectivity index (χ4v) is 3.74. The van der Waals surface area contributed by atoms with Crippen molar-refractivity contribution in [3.05, 3.63) is 83.7 Å². The number of rotatable bonds is 4. The molecule has 1 atom stereocenters. The average molecular weight is 362 g/mol. The first-order valence-electron chi connectivity index (χ1n) is 8.92. The van der Waals surface area contributed by atoms with Crippen LogP contribution in [-0.2, 0) is 16.9 Å². The summed E-state index contributed by atoms with van der Waals surface area (Å²) in [6, 6.07) is 19.0. The van der Waals surface area contributed by atoms with Gasteiger partial charge in [0.15, 0.2) is 0 Å². The van der Waals surface area contributed by atoms with Crippen LogP contribution in [0.1, 0.15) is 24.5 Å². The number of amides is 3. The van der Waals surface area contributed by atoms with Gasteiger partial charge in [0.25, 0.3) is 5.91 Å². The van der Waals surface area contributed by atoms with Crippen molar-refractivity contribution in [1.82, 2.24) is 10.2 Å². The Hall–Kier alpha value is -3.21. The van der Waals surface area contributed by atoms with E-state index < -0.39 is 11.6 Å². The Kier molecular flexibility index (Phi) is 4.15. The van der Waals surface area contributed by atoms with Gasteiger partial charge in [-0.05, 0) is 40.5 Å². The van der Waals surface area contributed by atoms with Crippen molar-refractivity contribution in [2.45, 2.75) is 25.4 Å². The topological polar surface area (TPSA) is 49.4 Å². The fourth-order valence-electron chi connectivity index (χ4n) is 3.74. The Bertz CT molecular complexity index is 1030. The van der Waals surface area contributed by atoms with Crippen LogP contribution >= 0.6 is 0 Å². The third-order valence-corrected chi connectivity index (χ3v) is 5.25. The second-order valence-corrected chi connectivity index (χ2v) is 6.73. The van der Waals surface area contributed by atoms with Gasteiger partial charge in [0.2, 0.25) is 0 Å². The van der Waals surface area contributed by atoms with E-state index >= 15 is 0 Å². The van der Waals surface area contributed by atoms with Crippen LogP contribution in [0.3, 0.4) is 0 Å². The average Bonchev–Trinajstić information content (AvgIpc) is 2.94. The largest absolute Gasteiger partial charge is 0.325 e. The molecule has 0 saturated carbocycles. The van der Waals surface area contributed by atoms with E-state index in [1.165, 1.54) is 17.0 Å². The zero-order valence-electron chi connectivity index (χ0n) is 14.9. The first kappa shape index (κ1) is 17.2. The number of hydrogen-bond donors (Lipinski definition) is 1. The van der Waals surface area contributed by atoms with Crippen LogP contribution in [0.5, 0.6) is 0 Å². The van der Waals surface area contributed by atoms with Crippen molar-refractivity contribution in [1.29, 1.82) is 0 Å². The van der Waals surface area contributed by atoms with Gasteiger partial charge in [-0.3, -0.25) is 9.69 Å². The molecule has 3 amide bonds. The van der Waals surface area contributed by atoms with E-state index in [-0.39, 0.29) is 18.3 Å². The number of carbonyl (C=O) groups excluding carboxylic acids is 2. The number of imide groups is 1. The summed E-state index contributed by atoms with van der Waals surface area (Å²) in [6.45, 7) is 2.03. The third kappa shape index (κ3) is 2.76. The lowest BCUT2D eigenvalue weighted by atomic mass is 9.87. The number of urea groups is 1. The molecule has 0 bridgehead atoms. The molecular formula is C22H19FN2O2. The van der Waals surface area contributed by atoms with Crippen LogP contribution in [0.15, 0.2) is 66.7 Å². The Morgan fingerprint density at radius 1 is 0.963 bits per heavy atom. The summed E-state index contributed by atoms with van der Waals surface area (Å²) in [6.07, 6.45) is 0.384. The highest BCUT2D eigenvalue weighted by Gasteiger charge is 2.51. The van der Waals surface area contributed by atoms with Crippen LogP contribution in [0.4, 0.5) is 9.18 Å². The highest BCUT2D eigenvalue weighted by Crippen LogP contribution is 2.34. The number of carbonyl (C=O) groups is 2. The molecule has 1 fully saturated rings. The van der Waals surface area contributed by atoms with Gasteiger partial charge >= 0.3 is 6.03 Å². The molecule has 3 aromatic carbocycles. The van der Waals surface area contributed by atoms with Gasteiger partial charge < -0.3 is 5.32 Å². The summed E-state index contributed by atoms with van der Waals surface area (Å²) in [4.78, 5) is 27.1. The third-order valence-electron chi connectivity index (χ3n) is 5.25. The lowest BCUT2D eigenvalue weighted by Crippen LogP contribution is -2.43. The number of benzene rings is 3. The fraction of sp³-hybridized carbons (Fsp3) is 0.182. The maximum atomic E-state index is 13.3. The van der Waals surface area contributed by atoms with E-state index in [1.807, 2.05) is 49.4 Å². The predicted octanol–water partition coefficient (Wildman–Crippen LogP) is 4.34. The zero-order valence-corrected chi connectivity index (χ0v) is 14.9. The summed E-state index contributed by atoms with van der Waals surface area (Å²) in [5.41, 5.74) is 0.336. The Morgan fingerprint density at radius 2 is 1.67 bits per heavy atom. The molecule has 27 heavy (non-hydrogen) atoms. The van der Waals surface area contributed by atoms with Crippen LogP contribution in [0.25, 0.3) is 10.8 Å². The Labute approximate surface area is 156 Å².